The van der Waals surface area contributed by atoms with E-state index in [1.807, 2.05) is 44.9 Å². The number of halogens is 4. The Morgan fingerprint density at radius 3 is 2.48 bits per heavy atom. The van der Waals surface area contributed by atoms with Gasteiger partial charge in [-0.3, -0.25) is 0 Å². The van der Waals surface area contributed by atoms with Crippen LogP contribution >= 0.6 is 11.8 Å². The average Bonchev–Trinajstić information content (AvgIpc) is 2.68. The molecule has 0 saturated heterocycles. The van der Waals surface area contributed by atoms with Gasteiger partial charge in [0.1, 0.15) is 5.75 Å². The largest absolute Gasteiger partial charge is 0.457 e. The number of rotatable bonds is 9. The van der Waals surface area contributed by atoms with Crippen molar-refractivity contribution in [2.45, 2.75) is 49.5 Å². The van der Waals surface area contributed by atoms with Crippen LogP contribution < -0.4 is 4.74 Å². The maximum Gasteiger partial charge on any atom is 0.275 e. The molecule has 2 aromatic carbocycles. The molecule has 0 amide bonds. The van der Waals surface area contributed by atoms with Gasteiger partial charge in [-0.25, -0.2) is 18.2 Å². The van der Waals surface area contributed by atoms with Gasteiger partial charge < -0.3 is 9.64 Å². The molecule has 0 spiro atoms. The van der Waals surface area contributed by atoms with E-state index in [0.29, 0.717) is 4.90 Å². The predicted molar refractivity (Wildman–Crippen MR) is 109 cm³/mol. The highest BCUT2D eigenvalue weighted by Gasteiger charge is 2.31. The summed E-state index contributed by atoms with van der Waals surface area (Å²) >= 11 is 1.42. The van der Waals surface area contributed by atoms with Crippen molar-refractivity contribution in [3.05, 3.63) is 47.5 Å². The lowest BCUT2D eigenvalue weighted by Gasteiger charge is -2.15. The van der Waals surface area contributed by atoms with Crippen LogP contribution in [0.5, 0.6) is 5.75 Å². The van der Waals surface area contributed by atoms with E-state index in [2.05, 4.69) is 4.99 Å². The van der Waals surface area contributed by atoms with Crippen molar-refractivity contribution in [1.82, 2.24) is 4.90 Å². The van der Waals surface area contributed by atoms with Crippen LogP contribution in [0.15, 0.2) is 51.2 Å². The molecule has 0 N–H and O–H groups in total. The van der Waals surface area contributed by atoms with Crippen LogP contribution in [-0.2, 0) is 0 Å². The summed E-state index contributed by atoms with van der Waals surface area (Å²) in [5.74, 6) is -0.0102. The molecule has 2 unspecified atom stereocenters. The Balaban J connectivity index is 2.16. The fraction of sp³-hybridized carbons (Fsp3) is 0.381. The summed E-state index contributed by atoms with van der Waals surface area (Å²) in [5, 5.41) is 0. The van der Waals surface area contributed by atoms with E-state index in [1.165, 1.54) is 23.9 Å². The molecule has 2 atom stereocenters. The van der Waals surface area contributed by atoms with Gasteiger partial charge in [0.05, 0.1) is 12.0 Å². The predicted octanol–water partition coefficient (Wildman–Crippen LogP) is 6.34. The third-order valence-electron chi connectivity index (χ3n) is 4.16. The first-order chi connectivity index (χ1) is 13.7. The smallest absolute Gasteiger partial charge is 0.275 e. The van der Waals surface area contributed by atoms with E-state index in [9.17, 15) is 17.6 Å². The first kappa shape index (κ1) is 23.1. The van der Waals surface area contributed by atoms with Crippen molar-refractivity contribution in [2.24, 2.45) is 4.99 Å². The summed E-state index contributed by atoms with van der Waals surface area (Å²) < 4.78 is 55.8. The molecular weight excluding hydrogens is 404 g/mol. The molecule has 0 aromatic heterocycles. The van der Waals surface area contributed by atoms with Crippen molar-refractivity contribution >= 4 is 23.8 Å². The van der Waals surface area contributed by atoms with Crippen LogP contribution in [0.3, 0.4) is 0 Å². The molecule has 0 aliphatic rings. The Hall–Kier alpha value is -2.22. The van der Waals surface area contributed by atoms with Gasteiger partial charge in [0, 0.05) is 23.4 Å². The van der Waals surface area contributed by atoms with Gasteiger partial charge in [0.2, 0.25) is 6.17 Å². The first-order valence-electron chi connectivity index (χ1n) is 9.07. The maximum absolute atomic E-state index is 13.5. The monoisotopic (exact) mass is 428 g/mol. The van der Waals surface area contributed by atoms with Crippen LogP contribution in [-0.4, -0.2) is 43.8 Å². The van der Waals surface area contributed by atoms with Crippen LogP contribution in [0.1, 0.15) is 18.1 Å². The zero-order chi connectivity index (χ0) is 21.6. The molecule has 3 nitrogen and oxygen atoms in total. The number of nitrogens with zero attached hydrogens (tertiary/aromatic N) is 2. The SMILES string of the molecule is CCN(C)C=Nc1cc(C)c(Sc2cccc(OC(F)C(F)C(F)F)c2)cc1C. The lowest BCUT2D eigenvalue weighted by Crippen LogP contribution is -2.29. The van der Waals surface area contributed by atoms with Crippen molar-refractivity contribution in [1.29, 1.82) is 0 Å². The number of aliphatic imine (C=N–C) groups is 1. The van der Waals surface area contributed by atoms with E-state index in [0.717, 1.165) is 28.3 Å². The Morgan fingerprint density at radius 1 is 1.10 bits per heavy atom. The lowest BCUT2D eigenvalue weighted by atomic mass is 10.1. The summed E-state index contributed by atoms with van der Waals surface area (Å²) in [4.78, 5) is 8.15. The molecule has 2 rings (SSSR count). The molecule has 29 heavy (non-hydrogen) atoms. The normalized spacial score (nSPS) is 13.7. The number of benzene rings is 2. The Kier molecular flexibility index (Phi) is 8.37. The fourth-order valence-electron chi connectivity index (χ4n) is 2.31. The van der Waals surface area contributed by atoms with E-state index in [4.69, 9.17) is 4.74 Å². The summed E-state index contributed by atoms with van der Waals surface area (Å²) in [7, 11) is 1.94. The Bertz CT molecular complexity index is 847. The van der Waals surface area contributed by atoms with E-state index < -0.39 is 19.0 Å². The Labute approximate surface area is 172 Å². The summed E-state index contributed by atoms with van der Waals surface area (Å²) in [5.41, 5.74) is 2.86. The summed E-state index contributed by atoms with van der Waals surface area (Å²) in [6, 6.07) is 10.2. The fourth-order valence-corrected chi connectivity index (χ4v) is 3.34. The van der Waals surface area contributed by atoms with E-state index in [-0.39, 0.29) is 5.75 Å². The number of ether oxygens (including phenoxy) is 1. The molecule has 0 fully saturated rings. The maximum atomic E-state index is 13.5. The molecule has 0 radical (unpaired) electrons. The number of hydrogen-bond acceptors (Lipinski definition) is 3. The molecule has 0 bridgehead atoms. The molecule has 2 aromatic rings. The van der Waals surface area contributed by atoms with Crippen LogP contribution in [0, 0.1) is 13.8 Å². The molecule has 158 valence electrons. The van der Waals surface area contributed by atoms with Gasteiger partial charge >= 0.3 is 0 Å². The van der Waals surface area contributed by atoms with Gasteiger partial charge in [-0.2, -0.15) is 4.39 Å². The highest BCUT2D eigenvalue weighted by molar-refractivity contribution is 7.99. The van der Waals surface area contributed by atoms with Gasteiger partial charge in [-0.05, 0) is 62.2 Å². The minimum absolute atomic E-state index is 0.0102. The van der Waals surface area contributed by atoms with Crippen molar-refractivity contribution in [2.75, 3.05) is 13.6 Å². The third kappa shape index (κ3) is 6.66. The molecule has 8 heteroatoms. The standard InChI is InChI=1S/C21H24F4N2OS/c1-5-27(4)12-26-17-9-14(3)18(10-13(17)2)29-16-8-6-7-15(11-16)28-21(25)19(22)20(23)24/h6-12,19-21H,5H2,1-4H3. The average molecular weight is 428 g/mol. The quantitative estimate of drug-likeness (QED) is 0.265. The highest BCUT2D eigenvalue weighted by Crippen LogP contribution is 2.36. The zero-order valence-corrected chi connectivity index (χ0v) is 17.5. The Morgan fingerprint density at radius 2 is 1.83 bits per heavy atom. The molecule has 0 aliphatic carbocycles. The van der Waals surface area contributed by atoms with Crippen molar-refractivity contribution < 1.29 is 22.3 Å². The van der Waals surface area contributed by atoms with Gasteiger partial charge in [-0.15, -0.1) is 0 Å². The number of hydrogen-bond donors (Lipinski definition) is 0. The summed E-state index contributed by atoms with van der Waals surface area (Å²) in [6.07, 6.45) is -7.37. The third-order valence-corrected chi connectivity index (χ3v) is 5.31. The van der Waals surface area contributed by atoms with Gasteiger partial charge in [0.25, 0.3) is 12.8 Å². The second-order valence-corrected chi connectivity index (χ2v) is 7.66. The van der Waals surface area contributed by atoms with Crippen LogP contribution in [0.25, 0.3) is 0 Å². The molecule has 0 heterocycles. The number of aryl methyl sites for hydroxylation is 2. The van der Waals surface area contributed by atoms with Crippen molar-refractivity contribution in [3.63, 3.8) is 0 Å². The molecule has 0 aliphatic heterocycles. The second kappa shape index (κ2) is 10.5. The van der Waals surface area contributed by atoms with Crippen molar-refractivity contribution in [3.8, 4) is 5.75 Å². The minimum atomic E-state index is -3.44. The lowest BCUT2D eigenvalue weighted by molar-refractivity contribution is -0.0751. The summed E-state index contributed by atoms with van der Waals surface area (Å²) in [6.45, 7) is 6.81. The van der Waals surface area contributed by atoms with E-state index >= 15 is 0 Å². The zero-order valence-electron chi connectivity index (χ0n) is 16.7. The minimum Gasteiger partial charge on any atom is -0.457 e. The topological polar surface area (TPSA) is 24.8 Å². The van der Waals surface area contributed by atoms with Crippen LogP contribution in [0.2, 0.25) is 0 Å². The number of alkyl halides is 4. The molecular formula is C21H24F4N2OS. The second-order valence-electron chi connectivity index (χ2n) is 6.55. The first-order valence-corrected chi connectivity index (χ1v) is 9.89. The van der Waals surface area contributed by atoms with Gasteiger partial charge in [0.15, 0.2) is 0 Å². The van der Waals surface area contributed by atoms with Crippen LogP contribution in [0.4, 0.5) is 23.2 Å². The molecule has 0 saturated carbocycles. The van der Waals surface area contributed by atoms with E-state index in [1.54, 1.807) is 18.5 Å². The van der Waals surface area contributed by atoms with Gasteiger partial charge in [-0.1, -0.05) is 17.8 Å². The highest BCUT2D eigenvalue weighted by atomic mass is 32.2.